The fourth-order valence-electron chi connectivity index (χ4n) is 3.07. The minimum Gasteiger partial charge on any atom is -0.372 e. The van der Waals surface area contributed by atoms with Gasteiger partial charge in [-0.15, -0.1) is 0 Å². The minimum absolute atomic E-state index is 0.519. The number of anilines is 1. The lowest BCUT2D eigenvalue weighted by molar-refractivity contribution is 0.552. The molecule has 0 unspecified atom stereocenters. The zero-order chi connectivity index (χ0) is 15.2. The monoisotopic (exact) mass is 352 g/mol. The highest BCUT2D eigenvalue weighted by atomic mass is 79.9. The standard InChI is InChI=1S/C18H29BrN2/c1-14(2)20-13-15-10-11-17(12-18(15)19)21(3)16-8-6-4-5-7-9-16/h10-12,14,16,20H,4-9,13H2,1-3H3. The van der Waals surface area contributed by atoms with Crippen LogP contribution in [-0.2, 0) is 6.54 Å². The van der Waals surface area contributed by atoms with Crippen LogP contribution in [0.4, 0.5) is 5.69 Å². The lowest BCUT2D eigenvalue weighted by Crippen LogP contribution is -2.31. The summed E-state index contributed by atoms with van der Waals surface area (Å²) in [7, 11) is 2.25. The third kappa shape index (κ3) is 5.00. The van der Waals surface area contributed by atoms with E-state index in [1.807, 2.05) is 0 Å². The molecule has 0 atom stereocenters. The first kappa shape index (κ1) is 16.8. The summed E-state index contributed by atoms with van der Waals surface area (Å²) >= 11 is 3.74. The van der Waals surface area contributed by atoms with Crippen LogP contribution in [0.1, 0.15) is 57.9 Å². The molecule has 1 aliphatic rings. The topological polar surface area (TPSA) is 15.3 Å². The number of nitrogens with zero attached hydrogens (tertiary/aromatic N) is 1. The average Bonchev–Trinajstić information content (AvgIpc) is 2.74. The smallest absolute Gasteiger partial charge is 0.0377 e. The van der Waals surface area contributed by atoms with Gasteiger partial charge >= 0.3 is 0 Å². The summed E-state index contributed by atoms with van der Waals surface area (Å²) in [4.78, 5) is 2.48. The van der Waals surface area contributed by atoms with Crippen LogP contribution in [0.3, 0.4) is 0 Å². The molecule has 0 radical (unpaired) electrons. The summed E-state index contributed by atoms with van der Waals surface area (Å²) in [5.41, 5.74) is 2.67. The van der Waals surface area contributed by atoms with Gasteiger partial charge in [-0.1, -0.05) is 61.5 Å². The molecule has 0 saturated heterocycles. The first-order valence-corrected chi connectivity index (χ1v) is 9.12. The van der Waals surface area contributed by atoms with Gasteiger partial charge in [-0.25, -0.2) is 0 Å². The summed E-state index contributed by atoms with van der Waals surface area (Å²) in [5.74, 6) is 0. The zero-order valence-corrected chi connectivity index (χ0v) is 15.2. The van der Waals surface area contributed by atoms with Crippen molar-refractivity contribution in [3.05, 3.63) is 28.2 Å². The lowest BCUT2D eigenvalue weighted by atomic mass is 10.1. The Kier molecular flexibility index (Phi) is 6.56. The van der Waals surface area contributed by atoms with Crippen LogP contribution in [0, 0.1) is 0 Å². The van der Waals surface area contributed by atoms with E-state index in [1.165, 1.54) is 54.2 Å². The summed E-state index contributed by atoms with van der Waals surface area (Å²) in [6, 6.07) is 8.03. The van der Waals surface area contributed by atoms with Gasteiger partial charge in [-0.05, 0) is 30.5 Å². The van der Waals surface area contributed by atoms with Crippen molar-refractivity contribution < 1.29 is 0 Å². The van der Waals surface area contributed by atoms with E-state index >= 15 is 0 Å². The third-order valence-corrected chi connectivity index (χ3v) is 5.26. The van der Waals surface area contributed by atoms with E-state index in [-0.39, 0.29) is 0 Å². The zero-order valence-electron chi connectivity index (χ0n) is 13.7. The van der Waals surface area contributed by atoms with Gasteiger partial charge in [0.15, 0.2) is 0 Å². The second-order valence-electron chi connectivity index (χ2n) is 6.57. The van der Waals surface area contributed by atoms with Crippen LogP contribution in [0.25, 0.3) is 0 Å². The van der Waals surface area contributed by atoms with Gasteiger partial charge < -0.3 is 10.2 Å². The molecule has 3 heteroatoms. The van der Waals surface area contributed by atoms with E-state index in [0.717, 1.165) is 6.54 Å². The number of benzene rings is 1. The first-order chi connectivity index (χ1) is 10.1. The number of hydrogen-bond acceptors (Lipinski definition) is 2. The van der Waals surface area contributed by atoms with E-state index in [2.05, 4.69) is 65.2 Å². The summed E-state index contributed by atoms with van der Waals surface area (Å²) < 4.78 is 1.22. The van der Waals surface area contributed by atoms with Gasteiger partial charge in [-0.2, -0.15) is 0 Å². The molecule has 0 amide bonds. The predicted molar refractivity (Wildman–Crippen MR) is 96.0 cm³/mol. The number of rotatable bonds is 5. The van der Waals surface area contributed by atoms with E-state index in [0.29, 0.717) is 12.1 Å². The Morgan fingerprint density at radius 1 is 1.19 bits per heavy atom. The maximum atomic E-state index is 3.74. The van der Waals surface area contributed by atoms with Crippen molar-refractivity contribution in [1.82, 2.24) is 5.32 Å². The number of halogens is 1. The Hall–Kier alpha value is -0.540. The predicted octanol–water partition coefficient (Wildman–Crippen LogP) is 5.11. The van der Waals surface area contributed by atoms with Crippen molar-refractivity contribution in [2.45, 2.75) is 71.0 Å². The van der Waals surface area contributed by atoms with Crippen molar-refractivity contribution in [1.29, 1.82) is 0 Å². The molecular weight excluding hydrogens is 324 g/mol. The van der Waals surface area contributed by atoms with Crippen LogP contribution in [-0.4, -0.2) is 19.1 Å². The van der Waals surface area contributed by atoms with Crippen molar-refractivity contribution in [2.24, 2.45) is 0 Å². The fourth-order valence-corrected chi connectivity index (χ4v) is 3.58. The second kappa shape index (κ2) is 8.19. The lowest BCUT2D eigenvalue weighted by Gasteiger charge is -2.29. The van der Waals surface area contributed by atoms with Crippen molar-refractivity contribution >= 4 is 21.6 Å². The summed E-state index contributed by atoms with van der Waals surface area (Å²) in [6.45, 7) is 5.29. The Morgan fingerprint density at radius 2 is 1.86 bits per heavy atom. The van der Waals surface area contributed by atoms with Crippen LogP contribution < -0.4 is 10.2 Å². The molecule has 1 N–H and O–H groups in total. The molecule has 1 aromatic rings. The largest absolute Gasteiger partial charge is 0.372 e. The molecule has 118 valence electrons. The maximum Gasteiger partial charge on any atom is 0.0377 e. The molecule has 0 spiro atoms. The Balaban J connectivity index is 2.04. The van der Waals surface area contributed by atoms with E-state index in [1.54, 1.807) is 0 Å². The molecule has 2 nitrogen and oxygen atoms in total. The molecule has 1 fully saturated rings. The molecular formula is C18H29BrN2. The molecule has 1 saturated carbocycles. The molecule has 21 heavy (non-hydrogen) atoms. The normalized spacial score (nSPS) is 17.0. The highest BCUT2D eigenvalue weighted by Gasteiger charge is 2.17. The van der Waals surface area contributed by atoms with Gasteiger partial charge in [-0.3, -0.25) is 0 Å². The SMILES string of the molecule is CC(C)NCc1ccc(N(C)C2CCCCCC2)cc1Br. The second-order valence-corrected chi connectivity index (χ2v) is 7.42. The quantitative estimate of drug-likeness (QED) is 0.741. The van der Waals surface area contributed by atoms with Crippen molar-refractivity contribution in [2.75, 3.05) is 11.9 Å². The van der Waals surface area contributed by atoms with E-state index < -0.39 is 0 Å². The minimum atomic E-state index is 0.519. The van der Waals surface area contributed by atoms with Gasteiger partial charge in [0.2, 0.25) is 0 Å². The first-order valence-electron chi connectivity index (χ1n) is 8.32. The number of nitrogens with one attached hydrogen (secondary N) is 1. The summed E-state index contributed by atoms with van der Waals surface area (Å²) in [6.07, 6.45) is 8.26. The Morgan fingerprint density at radius 3 is 2.43 bits per heavy atom. The van der Waals surface area contributed by atoms with Gasteiger partial charge in [0, 0.05) is 35.8 Å². The van der Waals surface area contributed by atoms with Gasteiger partial charge in [0.1, 0.15) is 0 Å². The highest BCUT2D eigenvalue weighted by Crippen LogP contribution is 2.29. The molecule has 0 heterocycles. The van der Waals surface area contributed by atoms with E-state index in [4.69, 9.17) is 0 Å². The van der Waals surface area contributed by atoms with Crippen LogP contribution in [0.15, 0.2) is 22.7 Å². The number of hydrogen-bond donors (Lipinski definition) is 1. The summed E-state index contributed by atoms with van der Waals surface area (Å²) in [5, 5.41) is 3.48. The molecule has 1 aliphatic carbocycles. The molecule has 0 aliphatic heterocycles. The highest BCUT2D eigenvalue weighted by molar-refractivity contribution is 9.10. The van der Waals surface area contributed by atoms with Crippen molar-refractivity contribution in [3.63, 3.8) is 0 Å². The van der Waals surface area contributed by atoms with Crippen LogP contribution in [0.5, 0.6) is 0 Å². The van der Waals surface area contributed by atoms with Crippen molar-refractivity contribution in [3.8, 4) is 0 Å². The molecule has 1 aromatic carbocycles. The molecule has 0 bridgehead atoms. The maximum absolute atomic E-state index is 3.74. The Bertz CT molecular complexity index is 437. The Labute approximate surface area is 138 Å². The average molecular weight is 353 g/mol. The molecule has 2 rings (SSSR count). The van der Waals surface area contributed by atoms with Crippen LogP contribution in [0.2, 0.25) is 0 Å². The van der Waals surface area contributed by atoms with Gasteiger partial charge in [0.05, 0.1) is 0 Å². The fraction of sp³-hybridized carbons (Fsp3) is 0.667. The van der Waals surface area contributed by atoms with E-state index in [9.17, 15) is 0 Å². The molecule has 0 aromatic heterocycles. The van der Waals surface area contributed by atoms with Gasteiger partial charge in [0.25, 0.3) is 0 Å². The van der Waals surface area contributed by atoms with Crippen LogP contribution >= 0.6 is 15.9 Å². The third-order valence-electron chi connectivity index (χ3n) is 4.52.